The van der Waals surface area contributed by atoms with E-state index in [4.69, 9.17) is 10.5 Å². The molecule has 0 bridgehead atoms. The molecule has 0 aliphatic carbocycles. The number of nitrogens with one attached hydrogen (secondary N) is 1. The second kappa shape index (κ2) is 7.03. The van der Waals surface area contributed by atoms with E-state index in [1.807, 2.05) is 13.0 Å². The maximum absolute atomic E-state index is 12.0. The predicted molar refractivity (Wildman–Crippen MR) is 72.2 cm³/mol. The molecular weight excluding hydrogens is 240 g/mol. The van der Waals surface area contributed by atoms with Crippen molar-refractivity contribution in [2.45, 2.75) is 13.8 Å². The topological polar surface area (TPSA) is 79.9 Å². The average Bonchev–Trinajstić information content (AvgIpc) is 2.44. The number of benzene rings is 1. The molecule has 0 saturated carbocycles. The van der Waals surface area contributed by atoms with E-state index in [2.05, 4.69) is 11.4 Å². The van der Waals surface area contributed by atoms with Crippen molar-refractivity contribution in [2.24, 2.45) is 5.92 Å². The maximum Gasteiger partial charge on any atom is 0.321 e. The summed E-state index contributed by atoms with van der Waals surface area (Å²) in [6.07, 6.45) is 0. The van der Waals surface area contributed by atoms with Crippen LogP contribution in [0.5, 0.6) is 0 Å². The standard InChI is InChI=1S/C14H16N4O/c1-3-18(10-11(2)8-15)14(19)17-13-6-4-5-12(7-13)9-16/h4-7,11H,3,10H2,1-2H3,(H,17,19). The summed E-state index contributed by atoms with van der Waals surface area (Å²) in [4.78, 5) is 13.6. The molecule has 1 N–H and O–H groups in total. The molecule has 0 radical (unpaired) electrons. The molecule has 0 fully saturated rings. The summed E-state index contributed by atoms with van der Waals surface area (Å²) in [6, 6.07) is 10.6. The molecule has 5 heteroatoms. The van der Waals surface area contributed by atoms with Gasteiger partial charge in [-0.1, -0.05) is 6.07 Å². The quantitative estimate of drug-likeness (QED) is 0.899. The molecule has 0 aliphatic heterocycles. The van der Waals surface area contributed by atoms with Crippen LogP contribution in [0.25, 0.3) is 0 Å². The number of hydrogen-bond acceptors (Lipinski definition) is 3. The first-order valence-corrected chi connectivity index (χ1v) is 6.06. The number of amides is 2. The third-order valence-corrected chi connectivity index (χ3v) is 2.63. The van der Waals surface area contributed by atoms with Gasteiger partial charge in [-0.3, -0.25) is 0 Å². The van der Waals surface area contributed by atoms with Crippen LogP contribution in [0.4, 0.5) is 10.5 Å². The van der Waals surface area contributed by atoms with Gasteiger partial charge in [-0.15, -0.1) is 0 Å². The van der Waals surface area contributed by atoms with E-state index in [-0.39, 0.29) is 11.9 Å². The largest absolute Gasteiger partial charge is 0.324 e. The second-order valence-electron chi connectivity index (χ2n) is 4.19. The molecule has 1 aromatic carbocycles. The van der Waals surface area contributed by atoms with Gasteiger partial charge in [0.2, 0.25) is 0 Å². The van der Waals surface area contributed by atoms with E-state index in [1.165, 1.54) is 0 Å². The molecule has 98 valence electrons. The van der Waals surface area contributed by atoms with E-state index in [0.29, 0.717) is 24.3 Å². The van der Waals surface area contributed by atoms with E-state index in [0.717, 1.165) is 0 Å². The highest BCUT2D eigenvalue weighted by atomic mass is 16.2. The van der Waals surface area contributed by atoms with Gasteiger partial charge in [-0.25, -0.2) is 4.79 Å². The molecule has 0 spiro atoms. The Bertz CT molecular complexity index is 527. The zero-order valence-corrected chi connectivity index (χ0v) is 11.1. The Labute approximate surface area is 113 Å². The number of urea groups is 1. The van der Waals surface area contributed by atoms with Crippen molar-refractivity contribution in [1.29, 1.82) is 10.5 Å². The lowest BCUT2D eigenvalue weighted by Crippen LogP contribution is -2.37. The summed E-state index contributed by atoms with van der Waals surface area (Å²) >= 11 is 0. The molecule has 0 aliphatic rings. The van der Waals surface area contributed by atoms with Gasteiger partial charge in [-0.2, -0.15) is 10.5 Å². The lowest BCUT2D eigenvalue weighted by molar-refractivity contribution is 0.210. The molecule has 19 heavy (non-hydrogen) atoms. The number of carbonyl (C=O) groups excluding carboxylic acids is 1. The van der Waals surface area contributed by atoms with Crippen LogP contribution in [0, 0.1) is 28.6 Å². The normalized spacial score (nSPS) is 10.9. The molecule has 2 amide bonds. The van der Waals surface area contributed by atoms with Gasteiger partial charge in [0.1, 0.15) is 0 Å². The van der Waals surface area contributed by atoms with Crippen molar-refractivity contribution in [3.63, 3.8) is 0 Å². The van der Waals surface area contributed by atoms with Gasteiger partial charge in [0, 0.05) is 18.8 Å². The third-order valence-electron chi connectivity index (χ3n) is 2.63. The zero-order valence-electron chi connectivity index (χ0n) is 11.1. The van der Waals surface area contributed by atoms with E-state index < -0.39 is 0 Å². The monoisotopic (exact) mass is 256 g/mol. The molecule has 0 saturated heterocycles. The van der Waals surface area contributed by atoms with E-state index in [1.54, 1.807) is 36.1 Å². The molecule has 1 atom stereocenters. The van der Waals surface area contributed by atoms with Gasteiger partial charge in [0.25, 0.3) is 0 Å². The minimum atomic E-state index is -0.264. The van der Waals surface area contributed by atoms with Crippen LogP contribution >= 0.6 is 0 Å². The highest BCUT2D eigenvalue weighted by Crippen LogP contribution is 2.11. The van der Waals surface area contributed by atoms with Crippen molar-refractivity contribution < 1.29 is 4.79 Å². The summed E-state index contributed by atoms with van der Waals surface area (Å²) < 4.78 is 0. The number of rotatable bonds is 4. The Hall–Kier alpha value is -2.53. The molecule has 1 unspecified atom stereocenters. The SMILES string of the molecule is CCN(CC(C)C#N)C(=O)Nc1cccc(C#N)c1. The van der Waals surface area contributed by atoms with Crippen molar-refractivity contribution >= 4 is 11.7 Å². The van der Waals surface area contributed by atoms with Crippen molar-refractivity contribution in [3.05, 3.63) is 29.8 Å². The van der Waals surface area contributed by atoms with Crippen LogP contribution < -0.4 is 5.32 Å². The summed E-state index contributed by atoms with van der Waals surface area (Å²) in [5.74, 6) is -0.212. The van der Waals surface area contributed by atoms with Gasteiger partial charge >= 0.3 is 6.03 Å². The summed E-state index contributed by atoms with van der Waals surface area (Å²) in [6.45, 7) is 4.54. The summed E-state index contributed by atoms with van der Waals surface area (Å²) in [7, 11) is 0. The minimum absolute atomic E-state index is 0.212. The smallest absolute Gasteiger partial charge is 0.321 e. The Balaban J connectivity index is 2.72. The second-order valence-corrected chi connectivity index (χ2v) is 4.19. The van der Waals surface area contributed by atoms with Crippen LogP contribution in [0.15, 0.2) is 24.3 Å². The van der Waals surface area contributed by atoms with Gasteiger partial charge in [0.15, 0.2) is 0 Å². The zero-order chi connectivity index (χ0) is 14.3. The predicted octanol–water partition coefficient (Wildman–Crippen LogP) is 2.57. The molecule has 0 aromatic heterocycles. The number of nitrogens with zero attached hydrogens (tertiary/aromatic N) is 3. The van der Waals surface area contributed by atoms with Gasteiger partial charge in [0.05, 0.1) is 23.6 Å². The Morgan fingerprint density at radius 2 is 2.21 bits per heavy atom. The van der Waals surface area contributed by atoms with Crippen LogP contribution in [-0.4, -0.2) is 24.0 Å². The number of hydrogen-bond donors (Lipinski definition) is 1. The van der Waals surface area contributed by atoms with Gasteiger partial charge < -0.3 is 10.2 Å². The fourth-order valence-corrected chi connectivity index (χ4v) is 1.60. The molecule has 1 rings (SSSR count). The highest BCUT2D eigenvalue weighted by molar-refractivity contribution is 5.89. The Morgan fingerprint density at radius 3 is 2.79 bits per heavy atom. The summed E-state index contributed by atoms with van der Waals surface area (Å²) in [5.41, 5.74) is 1.07. The molecule has 1 aromatic rings. The van der Waals surface area contributed by atoms with Crippen LogP contribution in [0.1, 0.15) is 19.4 Å². The average molecular weight is 256 g/mol. The first-order chi connectivity index (χ1) is 9.10. The van der Waals surface area contributed by atoms with E-state index >= 15 is 0 Å². The molecular formula is C14H16N4O. The fourth-order valence-electron chi connectivity index (χ4n) is 1.60. The van der Waals surface area contributed by atoms with Crippen LogP contribution in [0.3, 0.4) is 0 Å². The molecule has 5 nitrogen and oxygen atoms in total. The summed E-state index contributed by atoms with van der Waals surface area (Å²) in [5, 5.41) is 20.3. The van der Waals surface area contributed by atoms with Crippen LogP contribution in [-0.2, 0) is 0 Å². The van der Waals surface area contributed by atoms with Crippen molar-refractivity contribution in [2.75, 3.05) is 18.4 Å². The Kier molecular flexibility index (Phi) is 5.37. The highest BCUT2D eigenvalue weighted by Gasteiger charge is 2.14. The fraction of sp³-hybridized carbons (Fsp3) is 0.357. The molecule has 0 heterocycles. The van der Waals surface area contributed by atoms with Crippen molar-refractivity contribution in [3.8, 4) is 12.1 Å². The number of anilines is 1. The first kappa shape index (κ1) is 14.5. The number of nitriles is 2. The lowest BCUT2D eigenvalue weighted by atomic mass is 10.2. The van der Waals surface area contributed by atoms with Crippen LogP contribution in [0.2, 0.25) is 0 Å². The Morgan fingerprint density at radius 1 is 1.47 bits per heavy atom. The van der Waals surface area contributed by atoms with E-state index in [9.17, 15) is 4.79 Å². The lowest BCUT2D eigenvalue weighted by Gasteiger charge is -2.22. The maximum atomic E-state index is 12.0. The first-order valence-electron chi connectivity index (χ1n) is 6.06. The van der Waals surface area contributed by atoms with Gasteiger partial charge in [-0.05, 0) is 32.0 Å². The minimum Gasteiger partial charge on any atom is -0.324 e. The van der Waals surface area contributed by atoms with Crippen molar-refractivity contribution in [1.82, 2.24) is 4.90 Å². The third kappa shape index (κ3) is 4.33. The number of carbonyl (C=O) groups is 1.